The maximum absolute atomic E-state index is 12.6. The highest BCUT2D eigenvalue weighted by atomic mass is 32.2. The van der Waals surface area contributed by atoms with Crippen LogP contribution in [0.15, 0.2) is 80.7 Å². The maximum Gasteiger partial charge on any atom is 0.305 e. The molecule has 3 N–H and O–H groups in total. The molecule has 2 heterocycles. The number of sulfonamides is 1. The van der Waals surface area contributed by atoms with Crippen molar-refractivity contribution in [3.63, 3.8) is 0 Å². The van der Waals surface area contributed by atoms with Crippen LogP contribution in [0.3, 0.4) is 0 Å². The highest BCUT2D eigenvalue weighted by molar-refractivity contribution is 7.94. The SMILES string of the molecule is O=C(NNC(=O)c1ccccc1NS(=O)(=O)c1cccs1)c1cc2ccccc2o1. The normalized spacial score (nSPS) is 11.2. The zero-order valence-corrected chi connectivity index (χ0v) is 16.9. The van der Waals surface area contributed by atoms with Crippen molar-refractivity contribution >= 4 is 49.8 Å². The minimum Gasteiger partial charge on any atom is -0.451 e. The molecular formula is C20H15N3O5S2. The minimum atomic E-state index is -3.83. The summed E-state index contributed by atoms with van der Waals surface area (Å²) >= 11 is 1.06. The number of carbonyl (C=O) groups is 2. The van der Waals surface area contributed by atoms with Crippen LogP contribution in [-0.4, -0.2) is 20.2 Å². The number of fused-ring (bicyclic) bond motifs is 1. The lowest BCUT2D eigenvalue weighted by molar-refractivity contribution is 0.0832. The molecule has 0 aliphatic heterocycles. The van der Waals surface area contributed by atoms with E-state index in [9.17, 15) is 18.0 Å². The molecule has 2 aromatic heterocycles. The summed E-state index contributed by atoms with van der Waals surface area (Å²) in [6.07, 6.45) is 0. The molecule has 2 aromatic carbocycles. The third-order valence-electron chi connectivity index (χ3n) is 4.11. The highest BCUT2D eigenvalue weighted by Gasteiger charge is 2.20. The Kier molecular flexibility index (Phi) is 5.25. The van der Waals surface area contributed by atoms with Gasteiger partial charge in [0.2, 0.25) is 0 Å². The van der Waals surface area contributed by atoms with Crippen molar-refractivity contribution in [3.8, 4) is 0 Å². The van der Waals surface area contributed by atoms with Gasteiger partial charge in [-0.3, -0.25) is 25.2 Å². The lowest BCUT2D eigenvalue weighted by Crippen LogP contribution is -2.41. The van der Waals surface area contributed by atoms with Crippen LogP contribution in [0.1, 0.15) is 20.9 Å². The van der Waals surface area contributed by atoms with Crippen molar-refractivity contribution < 1.29 is 22.4 Å². The van der Waals surface area contributed by atoms with E-state index in [1.54, 1.807) is 47.8 Å². The average Bonchev–Trinajstić information content (AvgIpc) is 3.42. The van der Waals surface area contributed by atoms with Gasteiger partial charge in [-0.15, -0.1) is 11.3 Å². The molecule has 2 amide bonds. The fourth-order valence-corrected chi connectivity index (χ4v) is 4.79. The predicted octanol–water partition coefficient (Wildman–Crippen LogP) is 3.37. The Labute approximate surface area is 175 Å². The van der Waals surface area contributed by atoms with Gasteiger partial charge in [-0.1, -0.05) is 36.4 Å². The van der Waals surface area contributed by atoms with Crippen LogP contribution in [0.25, 0.3) is 11.0 Å². The summed E-state index contributed by atoms with van der Waals surface area (Å²) in [5, 5.41) is 2.39. The summed E-state index contributed by atoms with van der Waals surface area (Å²) in [6.45, 7) is 0. The fraction of sp³-hybridized carbons (Fsp3) is 0. The molecule has 8 nitrogen and oxygen atoms in total. The molecule has 30 heavy (non-hydrogen) atoms. The van der Waals surface area contributed by atoms with Gasteiger partial charge < -0.3 is 4.42 Å². The van der Waals surface area contributed by atoms with Gasteiger partial charge in [0.25, 0.3) is 15.9 Å². The van der Waals surface area contributed by atoms with Gasteiger partial charge in [-0.2, -0.15) is 0 Å². The second kappa shape index (κ2) is 8.01. The van der Waals surface area contributed by atoms with Crippen LogP contribution in [0.4, 0.5) is 5.69 Å². The number of hydrazine groups is 1. The first-order valence-corrected chi connectivity index (χ1v) is 11.0. The molecule has 0 fully saturated rings. The Morgan fingerprint density at radius 2 is 1.60 bits per heavy atom. The maximum atomic E-state index is 12.6. The summed E-state index contributed by atoms with van der Waals surface area (Å²) in [7, 11) is -3.83. The van der Waals surface area contributed by atoms with Gasteiger partial charge in [0.05, 0.1) is 11.3 Å². The average molecular weight is 441 g/mol. The number of hydrogen-bond donors (Lipinski definition) is 3. The zero-order chi connectivity index (χ0) is 21.1. The molecule has 0 bridgehead atoms. The molecule has 0 spiro atoms. The van der Waals surface area contributed by atoms with E-state index >= 15 is 0 Å². The molecule has 0 unspecified atom stereocenters. The molecule has 4 aromatic rings. The van der Waals surface area contributed by atoms with E-state index < -0.39 is 21.8 Å². The van der Waals surface area contributed by atoms with E-state index in [-0.39, 0.29) is 21.2 Å². The first-order valence-electron chi connectivity index (χ1n) is 8.69. The fourth-order valence-electron chi connectivity index (χ4n) is 2.72. The first kappa shape index (κ1) is 19.7. The van der Waals surface area contributed by atoms with Crippen LogP contribution < -0.4 is 15.6 Å². The quantitative estimate of drug-likeness (QED) is 0.411. The van der Waals surface area contributed by atoms with E-state index in [0.717, 1.165) is 16.7 Å². The van der Waals surface area contributed by atoms with Crippen LogP contribution in [0.2, 0.25) is 0 Å². The van der Waals surface area contributed by atoms with Crippen molar-refractivity contribution in [1.29, 1.82) is 0 Å². The number of carbonyl (C=O) groups excluding carboxylic acids is 2. The summed E-state index contributed by atoms with van der Waals surface area (Å²) in [6, 6.07) is 17.8. The first-order chi connectivity index (χ1) is 14.4. The number of para-hydroxylation sites is 2. The number of anilines is 1. The second-order valence-electron chi connectivity index (χ2n) is 6.14. The van der Waals surface area contributed by atoms with Crippen molar-refractivity contribution in [1.82, 2.24) is 10.9 Å². The Hall–Kier alpha value is -3.63. The summed E-state index contributed by atoms with van der Waals surface area (Å²) in [4.78, 5) is 24.8. The number of benzene rings is 2. The highest BCUT2D eigenvalue weighted by Crippen LogP contribution is 2.23. The van der Waals surface area contributed by atoms with E-state index in [2.05, 4.69) is 15.6 Å². The standard InChI is InChI=1S/C20H15N3O5S2/c24-19(21-22-20(25)17-12-13-6-1-4-9-16(13)28-17)14-7-2-3-8-15(14)23-30(26,27)18-10-5-11-29-18/h1-12,23H,(H,21,24)(H,22,25). The van der Waals surface area contributed by atoms with Crippen molar-refractivity contribution in [2.75, 3.05) is 4.72 Å². The summed E-state index contributed by atoms with van der Waals surface area (Å²) < 4.78 is 32.9. The third-order valence-corrected chi connectivity index (χ3v) is 6.88. The third kappa shape index (κ3) is 4.04. The van der Waals surface area contributed by atoms with Crippen molar-refractivity contribution in [3.05, 3.63) is 83.4 Å². The number of amides is 2. The lowest BCUT2D eigenvalue weighted by Gasteiger charge is -2.12. The van der Waals surface area contributed by atoms with Gasteiger partial charge in [0.1, 0.15) is 9.79 Å². The van der Waals surface area contributed by atoms with Gasteiger partial charge in [-0.25, -0.2) is 8.42 Å². The molecule has 4 rings (SSSR count). The Balaban J connectivity index is 1.48. The summed E-state index contributed by atoms with van der Waals surface area (Å²) in [5.74, 6) is -1.30. The minimum absolute atomic E-state index is 0.0307. The van der Waals surface area contributed by atoms with Crippen LogP contribution >= 0.6 is 11.3 Å². The predicted molar refractivity (Wildman–Crippen MR) is 113 cm³/mol. The van der Waals surface area contributed by atoms with E-state index in [1.165, 1.54) is 18.2 Å². The molecular weight excluding hydrogens is 426 g/mol. The van der Waals surface area contributed by atoms with Crippen LogP contribution in [0.5, 0.6) is 0 Å². The molecule has 0 radical (unpaired) electrons. The molecule has 0 aliphatic carbocycles. The topological polar surface area (TPSA) is 118 Å². The van der Waals surface area contributed by atoms with Crippen molar-refractivity contribution in [2.24, 2.45) is 0 Å². The summed E-state index contributed by atoms with van der Waals surface area (Å²) in [5.41, 5.74) is 5.21. The van der Waals surface area contributed by atoms with Gasteiger partial charge >= 0.3 is 5.91 Å². The second-order valence-corrected chi connectivity index (χ2v) is 9.00. The van der Waals surface area contributed by atoms with Gasteiger partial charge in [-0.05, 0) is 35.7 Å². The number of rotatable bonds is 5. The molecule has 0 saturated carbocycles. The number of hydrogen-bond acceptors (Lipinski definition) is 6. The van der Waals surface area contributed by atoms with Gasteiger partial charge in [0, 0.05) is 5.39 Å². The monoisotopic (exact) mass is 441 g/mol. The van der Waals surface area contributed by atoms with Crippen molar-refractivity contribution in [2.45, 2.75) is 4.21 Å². The number of furan rings is 1. The molecule has 0 saturated heterocycles. The van der Waals surface area contributed by atoms with Crippen LogP contribution in [-0.2, 0) is 10.0 Å². The zero-order valence-electron chi connectivity index (χ0n) is 15.3. The smallest absolute Gasteiger partial charge is 0.305 e. The molecule has 0 aliphatic rings. The Morgan fingerprint density at radius 3 is 2.37 bits per heavy atom. The molecule has 0 atom stereocenters. The Bertz CT molecular complexity index is 1290. The van der Waals surface area contributed by atoms with E-state index in [0.29, 0.717) is 5.58 Å². The lowest BCUT2D eigenvalue weighted by atomic mass is 10.2. The molecule has 10 heteroatoms. The Morgan fingerprint density at radius 1 is 0.867 bits per heavy atom. The largest absolute Gasteiger partial charge is 0.451 e. The number of thiophene rings is 1. The van der Waals surface area contributed by atoms with Crippen LogP contribution in [0, 0.1) is 0 Å². The van der Waals surface area contributed by atoms with E-state index in [4.69, 9.17) is 4.42 Å². The molecule has 152 valence electrons. The van der Waals surface area contributed by atoms with Gasteiger partial charge in [0.15, 0.2) is 5.76 Å². The van der Waals surface area contributed by atoms with E-state index in [1.807, 2.05) is 6.07 Å². The number of nitrogens with one attached hydrogen (secondary N) is 3.